The lowest BCUT2D eigenvalue weighted by atomic mass is 10.1. The molecule has 0 aliphatic rings. The van der Waals surface area contributed by atoms with Crippen LogP contribution in [0.25, 0.3) is 0 Å². The van der Waals surface area contributed by atoms with Crippen molar-refractivity contribution in [1.82, 2.24) is 4.72 Å². The first-order chi connectivity index (χ1) is 9.38. The molecule has 0 saturated heterocycles. The van der Waals surface area contributed by atoms with Crippen LogP contribution in [-0.2, 0) is 16.4 Å². The molecule has 2 aromatic rings. The molecule has 20 heavy (non-hydrogen) atoms. The van der Waals surface area contributed by atoms with Crippen LogP contribution in [0.1, 0.15) is 11.1 Å². The highest BCUT2D eigenvalue weighted by Gasteiger charge is 2.17. The predicted octanol–water partition coefficient (Wildman–Crippen LogP) is 2.92. The third-order valence-corrected chi connectivity index (χ3v) is 6.86. The van der Waals surface area contributed by atoms with Crippen LogP contribution in [-0.4, -0.2) is 15.0 Å². The molecule has 0 spiro atoms. The molecule has 0 saturated carbocycles. The average Bonchev–Trinajstić information content (AvgIpc) is 2.73. The predicted molar refractivity (Wildman–Crippen MR) is 86.5 cm³/mol. The summed E-state index contributed by atoms with van der Waals surface area (Å²) in [5.41, 5.74) is 8.28. The zero-order valence-corrected chi connectivity index (χ0v) is 14.1. The Labute approximate surface area is 131 Å². The maximum absolute atomic E-state index is 12.1. The van der Waals surface area contributed by atoms with Gasteiger partial charge in [-0.1, -0.05) is 12.1 Å². The third kappa shape index (κ3) is 3.82. The molecule has 4 nitrogen and oxygen atoms in total. The van der Waals surface area contributed by atoms with Crippen molar-refractivity contribution in [3.05, 3.63) is 45.2 Å². The minimum absolute atomic E-state index is 0.333. The first kappa shape index (κ1) is 15.5. The van der Waals surface area contributed by atoms with Crippen LogP contribution in [0.5, 0.6) is 0 Å². The zero-order chi connectivity index (χ0) is 14.8. The second-order valence-electron chi connectivity index (χ2n) is 4.41. The molecule has 108 valence electrons. The highest BCUT2D eigenvalue weighted by atomic mass is 79.9. The van der Waals surface area contributed by atoms with Gasteiger partial charge in [0.15, 0.2) is 0 Å². The first-order valence-corrected chi connectivity index (χ1v) is 9.08. The maximum Gasteiger partial charge on any atom is 0.250 e. The molecule has 1 heterocycles. The third-order valence-electron chi connectivity index (χ3n) is 2.78. The van der Waals surface area contributed by atoms with Gasteiger partial charge in [0.05, 0.1) is 3.79 Å². The van der Waals surface area contributed by atoms with Crippen LogP contribution in [0.15, 0.2) is 38.3 Å². The molecule has 0 bridgehead atoms. The number of anilines is 1. The molecular formula is C13H15BrN2O2S2. The fourth-order valence-electron chi connectivity index (χ4n) is 1.65. The Morgan fingerprint density at radius 2 is 1.95 bits per heavy atom. The summed E-state index contributed by atoms with van der Waals surface area (Å²) in [4.78, 5) is 0. The monoisotopic (exact) mass is 374 g/mol. The van der Waals surface area contributed by atoms with E-state index in [0.717, 1.165) is 14.9 Å². The van der Waals surface area contributed by atoms with E-state index in [1.165, 1.54) is 11.3 Å². The van der Waals surface area contributed by atoms with Crippen molar-refractivity contribution in [2.75, 3.05) is 12.3 Å². The van der Waals surface area contributed by atoms with Gasteiger partial charge >= 0.3 is 0 Å². The van der Waals surface area contributed by atoms with Crippen LogP contribution in [0.2, 0.25) is 0 Å². The highest BCUT2D eigenvalue weighted by molar-refractivity contribution is 9.11. The van der Waals surface area contributed by atoms with Crippen LogP contribution in [0.3, 0.4) is 0 Å². The van der Waals surface area contributed by atoms with E-state index in [2.05, 4.69) is 20.7 Å². The van der Waals surface area contributed by atoms with E-state index in [0.29, 0.717) is 22.9 Å². The molecule has 0 aliphatic carbocycles. The van der Waals surface area contributed by atoms with Crippen LogP contribution < -0.4 is 10.5 Å². The number of thiophene rings is 1. The molecule has 0 fully saturated rings. The summed E-state index contributed by atoms with van der Waals surface area (Å²) in [7, 11) is -3.43. The van der Waals surface area contributed by atoms with Crippen molar-refractivity contribution in [2.24, 2.45) is 0 Å². The molecule has 0 atom stereocenters. The zero-order valence-electron chi connectivity index (χ0n) is 10.9. The van der Waals surface area contributed by atoms with Crippen LogP contribution >= 0.6 is 27.3 Å². The molecule has 7 heteroatoms. The summed E-state index contributed by atoms with van der Waals surface area (Å²) in [5.74, 6) is 0. The molecule has 0 unspecified atom stereocenters. The van der Waals surface area contributed by atoms with Gasteiger partial charge in [-0.25, -0.2) is 13.1 Å². The van der Waals surface area contributed by atoms with Gasteiger partial charge in [-0.05, 0) is 58.6 Å². The van der Waals surface area contributed by atoms with Gasteiger partial charge in [0.25, 0.3) is 0 Å². The SMILES string of the molecule is Cc1cc(S(=O)(=O)NCCc2ccc(N)cc2)sc1Br. The van der Waals surface area contributed by atoms with Gasteiger partial charge < -0.3 is 5.73 Å². The van der Waals surface area contributed by atoms with Gasteiger partial charge in [0.1, 0.15) is 4.21 Å². The molecule has 1 aromatic heterocycles. The number of hydrogen-bond donors (Lipinski definition) is 2. The number of nitrogen functional groups attached to an aromatic ring is 1. The summed E-state index contributed by atoms with van der Waals surface area (Å²) >= 11 is 4.55. The number of rotatable bonds is 5. The normalized spacial score (nSPS) is 11.7. The van der Waals surface area contributed by atoms with Crippen molar-refractivity contribution in [1.29, 1.82) is 0 Å². The van der Waals surface area contributed by atoms with Crippen LogP contribution in [0.4, 0.5) is 5.69 Å². The van der Waals surface area contributed by atoms with Crippen molar-refractivity contribution < 1.29 is 8.42 Å². The van der Waals surface area contributed by atoms with E-state index in [4.69, 9.17) is 5.73 Å². The van der Waals surface area contributed by atoms with Crippen molar-refractivity contribution >= 4 is 43.0 Å². The number of halogens is 1. The maximum atomic E-state index is 12.1. The number of benzene rings is 1. The fourth-order valence-corrected chi connectivity index (χ4v) is 4.95. The fraction of sp³-hybridized carbons (Fsp3) is 0.231. The summed E-state index contributed by atoms with van der Waals surface area (Å²) < 4.78 is 28.0. The Balaban J connectivity index is 1.97. The van der Waals surface area contributed by atoms with E-state index in [1.54, 1.807) is 6.07 Å². The molecular weight excluding hydrogens is 360 g/mol. The molecule has 3 N–H and O–H groups in total. The van der Waals surface area contributed by atoms with Gasteiger partial charge in [0, 0.05) is 12.2 Å². The van der Waals surface area contributed by atoms with Crippen molar-refractivity contribution in [2.45, 2.75) is 17.6 Å². The second kappa shape index (κ2) is 6.26. The minimum atomic E-state index is -3.43. The van der Waals surface area contributed by atoms with Crippen molar-refractivity contribution in [3.8, 4) is 0 Å². The van der Waals surface area contributed by atoms with E-state index < -0.39 is 10.0 Å². The molecule has 1 aromatic carbocycles. The molecule has 0 amide bonds. The largest absolute Gasteiger partial charge is 0.399 e. The molecule has 0 radical (unpaired) electrons. The van der Waals surface area contributed by atoms with Gasteiger partial charge in [-0.2, -0.15) is 0 Å². The quantitative estimate of drug-likeness (QED) is 0.790. The van der Waals surface area contributed by atoms with Gasteiger partial charge in [-0.3, -0.25) is 0 Å². The van der Waals surface area contributed by atoms with E-state index in [-0.39, 0.29) is 0 Å². The number of sulfonamides is 1. The first-order valence-electron chi connectivity index (χ1n) is 5.98. The lowest BCUT2D eigenvalue weighted by Gasteiger charge is -2.05. The number of nitrogens with one attached hydrogen (secondary N) is 1. The Bertz CT molecular complexity index is 674. The standard InChI is InChI=1S/C13H15BrN2O2S2/c1-9-8-12(19-13(9)14)20(17,18)16-7-6-10-2-4-11(15)5-3-10/h2-5,8,16H,6-7,15H2,1H3. The topological polar surface area (TPSA) is 72.2 Å². The Kier molecular flexibility index (Phi) is 4.85. The smallest absolute Gasteiger partial charge is 0.250 e. The Hall–Kier alpha value is -0.890. The summed E-state index contributed by atoms with van der Waals surface area (Å²) in [5, 5.41) is 0. The average molecular weight is 375 g/mol. The lowest BCUT2D eigenvalue weighted by Crippen LogP contribution is -2.25. The molecule has 0 aliphatic heterocycles. The summed E-state index contributed by atoms with van der Waals surface area (Å²) in [6.45, 7) is 2.23. The van der Waals surface area contributed by atoms with Gasteiger partial charge in [0.2, 0.25) is 10.0 Å². The van der Waals surface area contributed by atoms with E-state index >= 15 is 0 Å². The molecule has 2 rings (SSSR count). The minimum Gasteiger partial charge on any atom is -0.399 e. The lowest BCUT2D eigenvalue weighted by molar-refractivity contribution is 0.583. The second-order valence-corrected chi connectivity index (χ2v) is 8.78. The number of aryl methyl sites for hydroxylation is 1. The Morgan fingerprint density at radius 1 is 1.30 bits per heavy atom. The van der Waals surface area contributed by atoms with E-state index in [9.17, 15) is 8.42 Å². The van der Waals surface area contributed by atoms with Crippen molar-refractivity contribution in [3.63, 3.8) is 0 Å². The number of hydrogen-bond acceptors (Lipinski definition) is 4. The highest BCUT2D eigenvalue weighted by Crippen LogP contribution is 2.30. The van der Waals surface area contributed by atoms with E-state index in [1.807, 2.05) is 31.2 Å². The van der Waals surface area contributed by atoms with Gasteiger partial charge in [-0.15, -0.1) is 11.3 Å². The Morgan fingerprint density at radius 3 is 2.50 bits per heavy atom. The van der Waals surface area contributed by atoms with Crippen LogP contribution in [0, 0.1) is 6.92 Å². The number of nitrogens with two attached hydrogens (primary N) is 1. The summed E-state index contributed by atoms with van der Waals surface area (Å²) in [6, 6.07) is 9.08. The summed E-state index contributed by atoms with van der Waals surface area (Å²) in [6.07, 6.45) is 0.630.